The number of amides is 1. The monoisotopic (exact) mass is 254 g/mol. The first-order valence-electron chi connectivity index (χ1n) is 5.73. The van der Waals surface area contributed by atoms with Crippen LogP contribution in [0.25, 0.3) is 0 Å². The Labute approximate surface area is 108 Å². The van der Waals surface area contributed by atoms with Gasteiger partial charge in [0.15, 0.2) is 0 Å². The molecular formula is C13H19ClN2O. The number of anilines is 1. The van der Waals surface area contributed by atoms with Gasteiger partial charge in [-0.1, -0.05) is 31.5 Å². The van der Waals surface area contributed by atoms with Gasteiger partial charge in [0.25, 0.3) is 5.91 Å². The molecule has 0 heterocycles. The minimum absolute atomic E-state index is 0.0806. The Balaban J connectivity index is 2.78. The van der Waals surface area contributed by atoms with Crippen LogP contribution in [-0.4, -0.2) is 24.4 Å². The van der Waals surface area contributed by atoms with Gasteiger partial charge in [-0.3, -0.25) is 4.79 Å². The van der Waals surface area contributed by atoms with Crippen LogP contribution in [-0.2, 0) is 0 Å². The molecule has 0 atom stereocenters. The third-order valence-electron chi connectivity index (χ3n) is 2.65. The zero-order valence-electron chi connectivity index (χ0n) is 10.5. The van der Waals surface area contributed by atoms with Crippen LogP contribution >= 0.6 is 11.6 Å². The van der Waals surface area contributed by atoms with Crippen LogP contribution in [0.3, 0.4) is 0 Å². The van der Waals surface area contributed by atoms with E-state index in [-0.39, 0.29) is 5.91 Å². The molecular weight excluding hydrogens is 236 g/mol. The highest BCUT2D eigenvalue weighted by Crippen LogP contribution is 2.24. The second-order valence-corrected chi connectivity index (χ2v) is 5.00. The molecule has 0 saturated carbocycles. The fourth-order valence-corrected chi connectivity index (χ4v) is 1.68. The van der Waals surface area contributed by atoms with Crippen molar-refractivity contribution in [3.05, 3.63) is 28.8 Å². The van der Waals surface area contributed by atoms with Gasteiger partial charge in [0.1, 0.15) is 0 Å². The molecule has 0 aliphatic rings. The van der Waals surface area contributed by atoms with Crippen molar-refractivity contribution in [3.63, 3.8) is 0 Å². The summed E-state index contributed by atoms with van der Waals surface area (Å²) in [5, 5.41) is 0.342. The van der Waals surface area contributed by atoms with Gasteiger partial charge in [0.2, 0.25) is 0 Å². The smallest absolute Gasteiger partial charge is 0.255 e. The fraction of sp³-hybridized carbons (Fsp3) is 0.462. The van der Waals surface area contributed by atoms with Crippen LogP contribution < -0.4 is 5.73 Å². The lowest BCUT2D eigenvalue weighted by Gasteiger charge is -2.19. The minimum Gasteiger partial charge on any atom is -0.398 e. The van der Waals surface area contributed by atoms with E-state index in [0.29, 0.717) is 22.2 Å². The van der Waals surface area contributed by atoms with Crippen molar-refractivity contribution in [2.75, 3.05) is 19.3 Å². The molecule has 0 saturated heterocycles. The molecule has 1 amide bonds. The Bertz CT molecular complexity index is 404. The fourth-order valence-electron chi connectivity index (χ4n) is 1.47. The lowest BCUT2D eigenvalue weighted by atomic mass is 10.1. The summed E-state index contributed by atoms with van der Waals surface area (Å²) >= 11 is 6.02. The molecule has 1 rings (SSSR count). The first kappa shape index (κ1) is 13.8. The summed E-state index contributed by atoms with van der Waals surface area (Å²) in [5.74, 6) is 0.490. The van der Waals surface area contributed by atoms with E-state index < -0.39 is 0 Å². The number of hydrogen-bond donors (Lipinski definition) is 1. The summed E-state index contributed by atoms with van der Waals surface area (Å²) in [5.41, 5.74) is 6.59. The summed E-state index contributed by atoms with van der Waals surface area (Å²) in [6.45, 7) is 4.99. The Morgan fingerprint density at radius 1 is 1.47 bits per heavy atom. The second kappa shape index (κ2) is 5.92. The molecule has 4 heteroatoms. The highest BCUT2D eigenvalue weighted by molar-refractivity contribution is 6.36. The van der Waals surface area contributed by atoms with Crippen LogP contribution in [0.1, 0.15) is 30.6 Å². The number of benzene rings is 1. The number of nitrogens with zero attached hydrogens (tertiary/aromatic N) is 1. The van der Waals surface area contributed by atoms with Gasteiger partial charge in [-0.15, -0.1) is 0 Å². The van der Waals surface area contributed by atoms with Crippen molar-refractivity contribution in [1.29, 1.82) is 0 Å². The maximum absolute atomic E-state index is 12.1. The Morgan fingerprint density at radius 3 is 2.71 bits per heavy atom. The van der Waals surface area contributed by atoms with E-state index in [9.17, 15) is 4.79 Å². The average molecular weight is 255 g/mol. The third-order valence-corrected chi connectivity index (χ3v) is 3.07. The van der Waals surface area contributed by atoms with Crippen LogP contribution in [0.15, 0.2) is 18.2 Å². The lowest BCUT2D eigenvalue weighted by molar-refractivity contribution is 0.0789. The van der Waals surface area contributed by atoms with Crippen LogP contribution in [0.5, 0.6) is 0 Å². The summed E-state index contributed by atoms with van der Waals surface area (Å²) < 4.78 is 0. The lowest BCUT2D eigenvalue weighted by Crippen LogP contribution is -2.28. The highest BCUT2D eigenvalue weighted by atomic mass is 35.5. The Morgan fingerprint density at radius 2 is 2.12 bits per heavy atom. The van der Waals surface area contributed by atoms with Gasteiger partial charge in [0.05, 0.1) is 16.3 Å². The number of carbonyl (C=O) groups is 1. The van der Waals surface area contributed by atoms with Crippen LogP contribution in [0.4, 0.5) is 5.69 Å². The van der Waals surface area contributed by atoms with Gasteiger partial charge in [0, 0.05) is 13.6 Å². The van der Waals surface area contributed by atoms with Crippen LogP contribution in [0, 0.1) is 5.92 Å². The van der Waals surface area contributed by atoms with Gasteiger partial charge in [-0.25, -0.2) is 0 Å². The minimum atomic E-state index is -0.0806. The molecule has 0 aliphatic carbocycles. The summed E-state index contributed by atoms with van der Waals surface area (Å²) in [6.07, 6.45) is 0.974. The van der Waals surface area contributed by atoms with E-state index in [0.717, 1.165) is 13.0 Å². The standard InChI is InChI=1S/C13H19ClN2O/c1-9(2)7-8-16(3)13(17)10-5-4-6-11(15)12(10)14/h4-6,9H,7-8,15H2,1-3H3. The highest BCUT2D eigenvalue weighted by Gasteiger charge is 2.16. The number of nitrogens with two attached hydrogens (primary N) is 1. The summed E-state index contributed by atoms with van der Waals surface area (Å²) in [6, 6.07) is 5.13. The van der Waals surface area contributed by atoms with Gasteiger partial charge < -0.3 is 10.6 Å². The Kier molecular flexibility index (Phi) is 4.82. The predicted molar refractivity (Wildman–Crippen MR) is 72.3 cm³/mol. The molecule has 3 nitrogen and oxygen atoms in total. The number of nitrogen functional groups attached to an aromatic ring is 1. The molecule has 0 radical (unpaired) electrons. The maximum Gasteiger partial charge on any atom is 0.255 e. The topological polar surface area (TPSA) is 46.3 Å². The molecule has 2 N–H and O–H groups in total. The van der Waals surface area contributed by atoms with Crippen molar-refractivity contribution in [1.82, 2.24) is 4.90 Å². The maximum atomic E-state index is 12.1. The molecule has 17 heavy (non-hydrogen) atoms. The van der Waals surface area contributed by atoms with E-state index in [2.05, 4.69) is 13.8 Å². The van der Waals surface area contributed by atoms with Crippen molar-refractivity contribution < 1.29 is 4.79 Å². The van der Waals surface area contributed by atoms with Crippen molar-refractivity contribution in [3.8, 4) is 0 Å². The van der Waals surface area contributed by atoms with Gasteiger partial charge in [-0.2, -0.15) is 0 Å². The van der Waals surface area contributed by atoms with E-state index in [1.165, 1.54) is 0 Å². The van der Waals surface area contributed by atoms with Crippen LogP contribution in [0.2, 0.25) is 5.02 Å². The van der Waals surface area contributed by atoms with E-state index in [1.807, 2.05) is 0 Å². The molecule has 0 spiro atoms. The first-order valence-corrected chi connectivity index (χ1v) is 6.10. The molecule has 1 aromatic carbocycles. The number of halogens is 1. The summed E-state index contributed by atoms with van der Waals surface area (Å²) in [4.78, 5) is 13.8. The number of rotatable bonds is 4. The Hall–Kier alpha value is -1.22. The van der Waals surface area contributed by atoms with E-state index in [4.69, 9.17) is 17.3 Å². The van der Waals surface area contributed by atoms with Crippen molar-refractivity contribution in [2.24, 2.45) is 5.92 Å². The van der Waals surface area contributed by atoms with Crippen molar-refractivity contribution in [2.45, 2.75) is 20.3 Å². The molecule has 94 valence electrons. The van der Waals surface area contributed by atoms with Gasteiger partial charge >= 0.3 is 0 Å². The van der Waals surface area contributed by atoms with E-state index >= 15 is 0 Å². The largest absolute Gasteiger partial charge is 0.398 e. The van der Waals surface area contributed by atoms with E-state index in [1.54, 1.807) is 30.1 Å². The number of hydrogen-bond acceptors (Lipinski definition) is 2. The molecule has 1 aromatic rings. The average Bonchev–Trinajstić information content (AvgIpc) is 2.28. The molecule has 0 aromatic heterocycles. The molecule has 0 fully saturated rings. The predicted octanol–water partition coefficient (Wildman–Crippen LogP) is 3.04. The zero-order chi connectivity index (χ0) is 13.0. The molecule has 0 unspecified atom stereocenters. The number of carbonyl (C=O) groups excluding carboxylic acids is 1. The summed E-state index contributed by atoms with van der Waals surface area (Å²) in [7, 11) is 1.78. The van der Waals surface area contributed by atoms with Gasteiger partial charge in [-0.05, 0) is 24.5 Å². The molecule has 0 bridgehead atoms. The SMILES string of the molecule is CC(C)CCN(C)C(=O)c1cccc(N)c1Cl. The molecule has 0 aliphatic heterocycles. The quantitative estimate of drug-likeness (QED) is 0.840. The second-order valence-electron chi connectivity index (χ2n) is 4.62. The first-order chi connectivity index (χ1) is 7.93. The normalized spacial score (nSPS) is 10.6. The zero-order valence-corrected chi connectivity index (χ0v) is 11.3. The van der Waals surface area contributed by atoms with Crippen molar-refractivity contribution >= 4 is 23.2 Å². The third kappa shape index (κ3) is 3.63.